The van der Waals surface area contributed by atoms with Crippen LogP contribution in [-0.2, 0) is 10.4 Å². The summed E-state index contributed by atoms with van der Waals surface area (Å²) >= 11 is 0. The van der Waals surface area contributed by atoms with Crippen LogP contribution in [0.1, 0.15) is 20.8 Å². The van der Waals surface area contributed by atoms with Crippen LogP contribution in [0.4, 0.5) is 0 Å². The van der Waals surface area contributed by atoms with Gasteiger partial charge >= 0.3 is 0 Å². The largest absolute Gasteiger partial charge is 0.379 e. The molecule has 2 aromatic rings. The molecule has 1 aliphatic heterocycles. The number of aromatic nitrogens is 3. The fourth-order valence-electron chi connectivity index (χ4n) is 2.96. The zero-order valence-corrected chi connectivity index (χ0v) is 12.4. The van der Waals surface area contributed by atoms with E-state index in [0.29, 0.717) is 5.92 Å². The molecule has 3 rings (SSSR count). The average Bonchev–Trinajstić information content (AvgIpc) is 2.91. The van der Waals surface area contributed by atoms with Crippen molar-refractivity contribution in [3.63, 3.8) is 0 Å². The topological polar surface area (TPSA) is 43.2 Å². The van der Waals surface area contributed by atoms with Crippen LogP contribution in [0, 0.1) is 5.92 Å². The van der Waals surface area contributed by atoms with Gasteiger partial charge in [-0.3, -0.25) is 4.90 Å². The van der Waals surface area contributed by atoms with Crippen molar-refractivity contribution >= 4 is 11.0 Å². The lowest BCUT2D eigenvalue weighted by Crippen LogP contribution is -2.56. The number of para-hydroxylation sites is 1. The lowest BCUT2D eigenvalue weighted by atomic mass is 9.95. The highest BCUT2D eigenvalue weighted by Crippen LogP contribution is 2.32. The SMILES string of the molecule is CC(C)C(C)(N1CCOCC1)n1nnc2ccccc21. The van der Waals surface area contributed by atoms with E-state index < -0.39 is 0 Å². The number of hydrogen-bond acceptors (Lipinski definition) is 4. The number of ether oxygens (including phenoxy) is 1. The van der Waals surface area contributed by atoms with E-state index in [1.54, 1.807) is 0 Å². The molecule has 1 atom stereocenters. The number of hydrogen-bond donors (Lipinski definition) is 0. The van der Waals surface area contributed by atoms with Gasteiger partial charge in [0.2, 0.25) is 0 Å². The molecule has 20 heavy (non-hydrogen) atoms. The quantitative estimate of drug-likeness (QED) is 0.859. The summed E-state index contributed by atoms with van der Waals surface area (Å²) in [5, 5.41) is 8.77. The van der Waals surface area contributed by atoms with E-state index in [0.717, 1.165) is 37.3 Å². The molecule has 2 heterocycles. The minimum absolute atomic E-state index is 0.181. The molecule has 1 aromatic heterocycles. The Labute approximate surface area is 119 Å². The number of rotatable bonds is 3. The van der Waals surface area contributed by atoms with Gasteiger partial charge in [0.15, 0.2) is 0 Å². The number of nitrogens with zero attached hydrogens (tertiary/aromatic N) is 4. The Morgan fingerprint density at radius 3 is 2.60 bits per heavy atom. The second kappa shape index (κ2) is 5.14. The first-order chi connectivity index (χ1) is 9.64. The highest BCUT2D eigenvalue weighted by atomic mass is 16.5. The smallest absolute Gasteiger partial charge is 0.117 e. The van der Waals surface area contributed by atoms with Crippen molar-refractivity contribution in [1.82, 2.24) is 19.9 Å². The van der Waals surface area contributed by atoms with Crippen LogP contribution < -0.4 is 0 Å². The lowest BCUT2D eigenvalue weighted by molar-refractivity contribution is -0.0775. The Hall–Kier alpha value is -1.46. The molecule has 1 fully saturated rings. The summed E-state index contributed by atoms with van der Waals surface area (Å²) in [6.07, 6.45) is 0. The Morgan fingerprint density at radius 2 is 1.90 bits per heavy atom. The Bertz CT molecular complexity index is 588. The van der Waals surface area contributed by atoms with Gasteiger partial charge in [0, 0.05) is 13.1 Å². The summed E-state index contributed by atoms with van der Waals surface area (Å²) in [5.74, 6) is 0.422. The highest BCUT2D eigenvalue weighted by Gasteiger charge is 2.39. The molecule has 0 radical (unpaired) electrons. The molecular weight excluding hydrogens is 252 g/mol. The van der Waals surface area contributed by atoms with Gasteiger partial charge in [-0.25, -0.2) is 4.68 Å². The van der Waals surface area contributed by atoms with Crippen molar-refractivity contribution in [1.29, 1.82) is 0 Å². The van der Waals surface area contributed by atoms with Crippen LogP contribution in [0.25, 0.3) is 11.0 Å². The molecule has 5 heteroatoms. The fourth-order valence-corrected chi connectivity index (χ4v) is 2.96. The minimum Gasteiger partial charge on any atom is -0.379 e. The predicted molar refractivity (Wildman–Crippen MR) is 78.4 cm³/mol. The molecule has 1 unspecified atom stereocenters. The molecule has 0 bridgehead atoms. The van der Waals surface area contributed by atoms with E-state index in [2.05, 4.69) is 46.7 Å². The first-order valence-electron chi connectivity index (χ1n) is 7.27. The molecule has 1 saturated heterocycles. The van der Waals surface area contributed by atoms with Gasteiger partial charge in [-0.2, -0.15) is 0 Å². The minimum atomic E-state index is -0.181. The van der Waals surface area contributed by atoms with Crippen molar-refractivity contribution in [3.8, 4) is 0 Å². The number of benzene rings is 1. The van der Waals surface area contributed by atoms with E-state index in [1.165, 1.54) is 0 Å². The van der Waals surface area contributed by atoms with E-state index in [-0.39, 0.29) is 5.66 Å². The van der Waals surface area contributed by atoms with Crippen LogP contribution >= 0.6 is 0 Å². The summed E-state index contributed by atoms with van der Waals surface area (Å²) in [6.45, 7) is 10.2. The van der Waals surface area contributed by atoms with Crippen LogP contribution in [-0.4, -0.2) is 46.2 Å². The Balaban J connectivity index is 2.09. The molecule has 0 aliphatic carbocycles. The third-order valence-electron chi connectivity index (χ3n) is 4.53. The molecule has 1 aliphatic rings. The van der Waals surface area contributed by atoms with E-state index >= 15 is 0 Å². The maximum Gasteiger partial charge on any atom is 0.117 e. The van der Waals surface area contributed by atoms with Gasteiger partial charge in [0.25, 0.3) is 0 Å². The molecule has 0 saturated carbocycles. The van der Waals surface area contributed by atoms with Gasteiger partial charge < -0.3 is 4.74 Å². The van der Waals surface area contributed by atoms with Gasteiger partial charge in [-0.05, 0) is 25.0 Å². The van der Waals surface area contributed by atoms with Gasteiger partial charge in [-0.15, -0.1) is 5.10 Å². The fraction of sp³-hybridized carbons (Fsp3) is 0.600. The second-order valence-corrected chi connectivity index (χ2v) is 5.84. The molecule has 108 valence electrons. The molecule has 5 nitrogen and oxygen atoms in total. The van der Waals surface area contributed by atoms with Gasteiger partial charge in [-0.1, -0.05) is 31.2 Å². The average molecular weight is 274 g/mol. The highest BCUT2D eigenvalue weighted by molar-refractivity contribution is 5.74. The van der Waals surface area contributed by atoms with Crippen molar-refractivity contribution in [3.05, 3.63) is 24.3 Å². The number of morpholine rings is 1. The van der Waals surface area contributed by atoms with Crippen molar-refractivity contribution in [2.24, 2.45) is 5.92 Å². The van der Waals surface area contributed by atoms with Crippen molar-refractivity contribution in [2.75, 3.05) is 26.3 Å². The molecule has 0 amide bonds. The Kier molecular flexibility index (Phi) is 3.48. The third-order valence-corrected chi connectivity index (χ3v) is 4.53. The summed E-state index contributed by atoms with van der Waals surface area (Å²) < 4.78 is 7.57. The summed E-state index contributed by atoms with van der Waals surface area (Å²) in [7, 11) is 0. The summed E-state index contributed by atoms with van der Waals surface area (Å²) in [4.78, 5) is 2.46. The first-order valence-corrected chi connectivity index (χ1v) is 7.27. The monoisotopic (exact) mass is 274 g/mol. The maximum atomic E-state index is 5.49. The predicted octanol–water partition coefficient (Wildman–Crippen LogP) is 2.09. The maximum absolute atomic E-state index is 5.49. The zero-order chi connectivity index (χ0) is 14.2. The second-order valence-electron chi connectivity index (χ2n) is 5.84. The zero-order valence-electron chi connectivity index (χ0n) is 12.4. The third kappa shape index (κ3) is 2.01. The van der Waals surface area contributed by atoms with Gasteiger partial charge in [0.05, 0.1) is 18.7 Å². The Morgan fingerprint density at radius 1 is 1.20 bits per heavy atom. The van der Waals surface area contributed by atoms with E-state index in [1.807, 2.05) is 18.2 Å². The van der Waals surface area contributed by atoms with Crippen LogP contribution in [0.3, 0.4) is 0 Å². The van der Waals surface area contributed by atoms with Crippen molar-refractivity contribution < 1.29 is 4.74 Å². The van der Waals surface area contributed by atoms with Gasteiger partial charge in [0.1, 0.15) is 11.2 Å². The summed E-state index contributed by atoms with van der Waals surface area (Å²) in [5.41, 5.74) is 1.86. The lowest BCUT2D eigenvalue weighted by Gasteiger charge is -2.46. The van der Waals surface area contributed by atoms with Crippen molar-refractivity contribution in [2.45, 2.75) is 26.4 Å². The molecule has 0 N–H and O–H groups in total. The van der Waals surface area contributed by atoms with Crippen LogP contribution in [0.5, 0.6) is 0 Å². The molecular formula is C15H22N4O. The normalized spacial score (nSPS) is 20.4. The van der Waals surface area contributed by atoms with E-state index in [9.17, 15) is 0 Å². The number of fused-ring (bicyclic) bond motifs is 1. The standard InChI is InChI=1S/C15H22N4O/c1-12(2)15(3,18-8-10-20-11-9-18)19-14-7-5-4-6-13(14)16-17-19/h4-7,12H,8-11H2,1-3H3. The molecule has 0 spiro atoms. The molecule has 1 aromatic carbocycles. The first kappa shape index (κ1) is 13.5. The summed E-state index contributed by atoms with van der Waals surface area (Å²) in [6, 6.07) is 8.15. The van der Waals surface area contributed by atoms with Crippen LogP contribution in [0.15, 0.2) is 24.3 Å². The van der Waals surface area contributed by atoms with E-state index in [4.69, 9.17) is 4.74 Å². The van der Waals surface area contributed by atoms with Crippen LogP contribution in [0.2, 0.25) is 0 Å².